The van der Waals surface area contributed by atoms with Crippen LogP contribution in [0.1, 0.15) is 10.4 Å². The molecule has 0 aliphatic rings. The Morgan fingerprint density at radius 2 is 1.64 bits per heavy atom. The molecule has 3 aromatic rings. The predicted octanol–water partition coefficient (Wildman–Crippen LogP) is 3.21. The molecule has 2 aromatic carbocycles. The Labute approximate surface area is 149 Å². The van der Waals surface area contributed by atoms with Crippen molar-refractivity contribution in [2.45, 2.75) is 0 Å². The van der Waals surface area contributed by atoms with E-state index in [2.05, 4.69) is 26.1 Å². The summed E-state index contributed by atoms with van der Waals surface area (Å²) in [4.78, 5) is 20.2. The summed E-state index contributed by atoms with van der Waals surface area (Å²) in [5, 5.41) is 3.57. The average Bonchev–Trinajstić information content (AvgIpc) is 2.64. The summed E-state index contributed by atoms with van der Waals surface area (Å²) in [5.74, 6) is 0.340. The van der Waals surface area contributed by atoms with Crippen LogP contribution in [0.15, 0.2) is 60.9 Å². The average molecular weight is 355 g/mol. The number of hydrogen-bond donors (Lipinski definition) is 4. The maximum atomic E-state index is 12.1. The fourth-order valence-corrected chi connectivity index (χ4v) is 2.25. The van der Waals surface area contributed by atoms with Gasteiger partial charge in [-0.1, -0.05) is 41.9 Å². The van der Waals surface area contributed by atoms with Gasteiger partial charge in [0.05, 0.1) is 10.7 Å². The minimum Gasteiger partial charge on any atom is -0.393 e. The number of para-hydroxylation sites is 1. The Balaban J connectivity index is 1.73. The van der Waals surface area contributed by atoms with Crippen LogP contribution in [-0.2, 0) is 0 Å². The lowest BCUT2D eigenvalue weighted by Gasteiger charge is -2.13. The first-order valence-electron chi connectivity index (χ1n) is 7.38. The molecule has 1 aromatic heterocycles. The largest absolute Gasteiger partial charge is 0.393 e. The van der Waals surface area contributed by atoms with Gasteiger partial charge < -0.3 is 11.1 Å². The van der Waals surface area contributed by atoms with Gasteiger partial charge in [-0.25, -0.2) is 9.97 Å². The molecular formula is C17H15ClN6O. The van der Waals surface area contributed by atoms with Crippen LogP contribution in [0, 0.1) is 0 Å². The van der Waals surface area contributed by atoms with Crippen LogP contribution in [0.3, 0.4) is 0 Å². The van der Waals surface area contributed by atoms with Crippen LogP contribution in [0.4, 0.5) is 23.0 Å². The van der Waals surface area contributed by atoms with Crippen molar-refractivity contribution < 1.29 is 4.79 Å². The van der Waals surface area contributed by atoms with Gasteiger partial charge in [-0.3, -0.25) is 15.6 Å². The Kier molecular flexibility index (Phi) is 4.96. The molecule has 0 unspecified atom stereocenters. The van der Waals surface area contributed by atoms with Gasteiger partial charge in [-0.2, -0.15) is 0 Å². The zero-order valence-corrected chi connectivity index (χ0v) is 13.8. The quantitative estimate of drug-likeness (QED) is 0.524. The zero-order valence-electron chi connectivity index (χ0n) is 13.0. The number of rotatable bonds is 5. The van der Waals surface area contributed by atoms with Crippen molar-refractivity contribution in [2.75, 3.05) is 16.5 Å². The van der Waals surface area contributed by atoms with E-state index in [-0.39, 0.29) is 17.4 Å². The van der Waals surface area contributed by atoms with Gasteiger partial charge in [0.1, 0.15) is 12.0 Å². The highest BCUT2D eigenvalue weighted by Gasteiger charge is 2.11. The molecule has 0 spiro atoms. The van der Waals surface area contributed by atoms with Crippen molar-refractivity contribution in [2.24, 2.45) is 0 Å². The third-order valence-corrected chi connectivity index (χ3v) is 3.67. The lowest BCUT2D eigenvalue weighted by Crippen LogP contribution is -2.30. The van der Waals surface area contributed by atoms with E-state index in [9.17, 15) is 4.79 Å². The minimum absolute atomic E-state index is 0.246. The van der Waals surface area contributed by atoms with Gasteiger partial charge in [0.25, 0.3) is 5.91 Å². The summed E-state index contributed by atoms with van der Waals surface area (Å²) in [6, 6.07) is 16.0. The molecule has 0 aliphatic carbocycles. The Hall–Kier alpha value is -3.32. The van der Waals surface area contributed by atoms with Gasteiger partial charge in [0.2, 0.25) is 0 Å². The van der Waals surface area contributed by atoms with Crippen molar-refractivity contribution in [1.82, 2.24) is 15.4 Å². The first kappa shape index (κ1) is 16.5. The SMILES string of the molecule is Nc1c(NNC(=O)c2ccccc2)ncnc1Nc1ccccc1Cl. The number of hydrogen-bond acceptors (Lipinski definition) is 6. The number of nitrogens with one attached hydrogen (secondary N) is 3. The van der Waals surface area contributed by atoms with E-state index in [1.54, 1.807) is 36.4 Å². The Morgan fingerprint density at radius 3 is 2.40 bits per heavy atom. The lowest BCUT2D eigenvalue weighted by atomic mass is 10.2. The minimum atomic E-state index is -0.306. The first-order valence-corrected chi connectivity index (χ1v) is 7.76. The van der Waals surface area contributed by atoms with Gasteiger partial charge in [0, 0.05) is 5.56 Å². The number of anilines is 4. The number of hydrazine groups is 1. The van der Waals surface area contributed by atoms with Crippen LogP contribution in [0.25, 0.3) is 0 Å². The van der Waals surface area contributed by atoms with Gasteiger partial charge in [0.15, 0.2) is 11.6 Å². The number of carbonyl (C=O) groups excluding carboxylic acids is 1. The highest BCUT2D eigenvalue weighted by Crippen LogP contribution is 2.29. The third-order valence-electron chi connectivity index (χ3n) is 3.34. The first-order chi connectivity index (χ1) is 12.1. The fourth-order valence-electron chi connectivity index (χ4n) is 2.06. The van der Waals surface area contributed by atoms with Crippen LogP contribution in [-0.4, -0.2) is 15.9 Å². The van der Waals surface area contributed by atoms with E-state index in [1.807, 2.05) is 18.2 Å². The topological polar surface area (TPSA) is 105 Å². The molecule has 0 radical (unpaired) electrons. The number of carbonyl (C=O) groups is 1. The smallest absolute Gasteiger partial charge is 0.269 e. The van der Waals surface area contributed by atoms with E-state index in [1.165, 1.54) is 6.33 Å². The summed E-state index contributed by atoms with van der Waals surface area (Å²) >= 11 is 6.12. The second kappa shape index (κ2) is 7.50. The molecule has 1 heterocycles. The highest BCUT2D eigenvalue weighted by atomic mass is 35.5. The van der Waals surface area contributed by atoms with E-state index in [0.717, 1.165) is 0 Å². The molecule has 5 N–H and O–H groups in total. The van der Waals surface area contributed by atoms with Gasteiger partial charge >= 0.3 is 0 Å². The number of benzene rings is 2. The van der Waals surface area contributed by atoms with E-state index in [4.69, 9.17) is 17.3 Å². The van der Waals surface area contributed by atoms with Crippen LogP contribution >= 0.6 is 11.6 Å². The molecule has 1 amide bonds. The van der Waals surface area contributed by atoms with Crippen LogP contribution in [0.2, 0.25) is 5.02 Å². The summed E-state index contributed by atoms with van der Waals surface area (Å²) < 4.78 is 0. The molecule has 0 aliphatic heterocycles. The van der Waals surface area contributed by atoms with E-state index in [0.29, 0.717) is 22.1 Å². The zero-order chi connectivity index (χ0) is 17.6. The molecule has 3 rings (SSSR count). The van der Waals surface area contributed by atoms with E-state index < -0.39 is 0 Å². The molecule has 0 saturated carbocycles. The Morgan fingerprint density at radius 1 is 0.960 bits per heavy atom. The van der Waals surface area contributed by atoms with Crippen molar-refractivity contribution >= 4 is 40.5 Å². The molecular weight excluding hydrogens is 340 g/mol. The summed E-state index contributed by atoms with van der Waals surface area (Å²) in [6.07, 6.45) is 1.33. The molecule has 0 bridgehead atoms. The van der Waals surface area contributed by atoms with Crippen molar-refractivity contribution in [3.05, 3.63) is 71.5 Å². The highest BCUT2D eigenvalue weighted by molar-refractivity contribution is 6.33. The number of nitrogen functional groups attached to an aromatic ring is 1. The standard InChI is InChI=1S/C17H15ClN6O/c18-12-8-4-5-9-13(12)22-15-14(19)16(21-10-20-15)23-24-17(25)11-6-2-1-3-7-11/h1-10H,19H2,(H,24,25)(H2,20,21,22,23). The van der Waals surface area contributed by atoms with Crippen LogP contribution in [0.5, 0.6) is 0 Å². The summed E-state index contributed by atoms with van der Waals surface area (Å²) in [7, 11) is 0. The number of halogens is 1. The molecule has 0 atom stereocenters. The van der Waals surface area contributed by atoms with E-state index >= 15 is 0 Å². The lowest BCUT2D eigenvalue weighted by molar-refractivity contribution is 0.0962. The maximum Gasteiger partial charge on any atom is 0.269 e. The molecule has 8 heteroatoms. The second-order valence-corrected chi connectivity index (χ2v) is 5.44. The van der Waals surface area contributed by atoms with Crippen molar-refractivity contribution in [3.63, 3.8) is 0 Å². The molecule has 0 fully saturated rings. The van der Waals surface area contributed by atoms with Crippen molar-refractivity contribution in [3.8, 4) is 0 Å². The van der Waals surface area contributed by atoms with Crippen molar-refractivity contribution in [1.29, 1.82) is 0 Å². The summed E-state index contributed by atoms with van der Waals surface area (Å²) in [5.41, 5.74) is 12.7. The van der Waals surface area contributed by atoms with Gasteiger partial charge in [-0.15, -0.1) is 0 Å². The maximum absolute atomic E-state index is 12.1. The van der Waals surface area contributed by atoms with Crippen LogP contribution < -0.4 is 21.9 Å². The number of aromatic nitrogens is 2. The normalized spacial score (nSPS) is 10.1. The van der Waals surface area contributed by atoms with Gasteiger partial charge in [-0.05, 0) is 24.3 Å². The molecule has 126 valence electrons. The molecule has 0 saturated heterocycles. The summed E-state index contributed by atoms with van der Waals surface area (Å²) in [6.45, 7) is 0. The second-order valence-electron chi connectivity index (χ2n) is 5.03. The number of nitrogens with two attached hydrogens (primary N) is 1. The monoisotopic (exact) mass is 354 g/mol. The Bertz CT molecular complexity index is 887. The third kappa shape index (κ3) is 3.96. The fraction of sp³-hybridized carbons (Fsp3) is 0. The molecule has 7 nitrogen and oxygen atoms in total. The number of nitrogens with zero attached hydrogens (tertiary/aromatic N) is 2. The molecule has 25 heavy (non-hydrogen) atoms. The number of amides is 1. The predicted molar refractivity (Wildman–Crippen MR) is 98.7 cm³/mol.